The monoisotopic (exact) mass is 139 g/mol. The van der Waals surface area contributed by atoms with E-state index in [1.807, 2.05) is 13.8 Å². The van der Waals surface area contributed by atoms with E-state index in [4.69, 9.17) is 5.41 Å². The first kappa shape index (κ1) is 7.45. The maximum Gasteiger partial charge on any atom is 0.138 e. The van der Waals surface area contributed by atoms with Crippen molar-refractivity contribution < 1.29 is 4.79 Å². The largest absolute Gasteiger partial charge is 0.309 e. The van der Waals surface area contributed by atoms with E-state index in [0.717, 1.165) is 6.42 Å². The van der Waals surface area contributed by atoms with Crippen molar-refractivity contribution in [2.45, 2.75) is 33.1 Å². The average molecular weight is 139 g/mol. The fourth-order valence-electron chi connectivity index (χ4n) is 1.13. The molecule has 0 atom stereocenters. The molecular weight excluding hydrogens is 126 g/mol. The van der Waals surface area contributed by atoms with Gasteiger partial charge in [0.25, 0.3) is 0 Å². The molecule has 10 heavy (non-hydrogen) atoms. The van der Waals surface area contributed by atoms with E-state index < -0.39 is 0 Å². The van der Waals surface area contributed by atoms with Gasteiger partial charge in [-0.25, -0.2) is 0 Å². The molecule has 0 unspecified atom stereocenters. The molecule has 0 aromatic carbocycles. The predicted molar refractivity (Wildman–Crippen MR) is 40.4 cm³/mol. The zero-order valence-electron chi connectivity index (χ0n) is 6.53. The van der Waals surface area contributed by atoms with Crippen LogP contribution in [0.15, 0.2) is 0 Å². The Morgan fingerprint density at radius 2 is 2.10 bits per heavy atom. The van der Waals surface area contributed by atoms with Gasteiger partial charge >= 0.3 is 0 Å². The second-order valence-electron chi connectivity index (χ2n) is 3.58. The molecule has 1 N–H and O–H groups in total. The van der Waals surface area contributed by atoms with Gasteiger partial charge in [-0.3, -0.25) is 4.79 Å². The summed E-state index contributed by atoms with van der Waals surface area (Å²) in [6.45, 7) is 4.06. The van der Waals surface area contributed by atoms with Crippen LogP contribution in [0.2, 0.25) is 0 Å². The summed E-state index contributed by atoms with van der Waals surface area (Å²) in [5.41, 5.74) is 0.581. The maximum absolute atomic E-state index is 10.8. The lowest BCUT2D eigenvalue weighted by Gasteiger charge is -2.29. The number of rotatable bonds is 0. The topological polar surface area (TPSA) is 40.9 Å². The first-order valence-electron chi connectivity index (χ1n) is 3.62. The second kappa shape index (κ2) is 2.19. The summed E-state index contributed by atoms with van der Waals surface area (Å²) in [5.74, 6) is 0.226. The van der Waals surface area contributed by atoms with Crippen LogP contribution < -0.4 is 0 Å². The van der Waals surface area contributed by atoms with Gasteiger partial charge in [0.1, 0.15) is 5.78 Å². The highest BCUT2D eigenvalue weighted by Gasteiger charge is 2.30. The third-order valence-electron chi connectivity index (χ3n) is 2.22. The summed E-state index contributed by atoms with van der Waals surface area (Å²) in [6, 6.07) is 0. The molecule has 0 radical (unpaired) electrons. The number of nitrogens with one attached hydrogen (secondary N) is 1. The zero-order valence-corrected chi connectivity index (χ0v) is 6.53. The Bertz CT molecular complexity index is 182. The van der Waals surface area contributed by atoms with E-state index in [1.54, 1.807) is 0 Å². The van der Waals surface area contributed by atoms with Crippen molar-refractivity contribution in [2.75, 3.05) is 0 Å². The summed E-state index contributed by atoms with van der Waals surface area (Å²) in [6.07, 6.45) is 1.90. The van der Waals surface area contributed by atoms with Crippen molar-refractivity contribution in [3.8, 4) is 0 Å². The summed E-state index contributed by atoms with van der Waals surface area (Å²) in [5, 5.41) is 7.50. The van der Waals surface area contributed by atoms with Crippen LogP contribution in [0, 0.1) is 10.8 Å². The Labute approximate surface area is 61.1 Å². The van der Waals surface area contributed by atoms with Gasteiger partial charge in [-0.2, -0.15) is 0 Å². The number of ketones is 1. The normalized spacial score (nSPS) is 25.0. The summed E-state index contributed by atoms with van der Waals surface area (Å²) < 4.78 is 0. The van der Waals surface area contributed by atoms with E-state index in [2.05, 4.69) is 0 Å². The molecule has 2 nitrogen and oxygen atoms in total. The van der Waals surface area contributed by atoms with Crippen molar-refractivity contribution in [1.29, 1.82) is 5.41 Å². The zero-order chi connectivity index (χ0) is 7.78. The van der Waals surface area contributed by atoms with Crippen LogP contribution in [0.5, 0.6) is 0 Å². The van der Waals surface area contributed by atoms with Gasteiger partial charge in [-0.1, -0.05) is 13.8 Å². The Hall–Kier alpha value is -0.660. The molecule has 0 saturated heterocycles. The van der Waals surface area contributed by atoms with Gasteiger partial charge in [-0.15, -0.1) is 0 Å². The minimum absolute atomic E-state index is 0.0199. The predicted octanol–water partition coefficient (Wildman–Crippen LogP) is 1.79. The van der Waals surface area contributed by atoms with Crippen LogP contribution in [0.3, 0.4) is 0 Å². The van der Waals surface area contributed by atoms with Crippen molar-refractivity contribution in [3.63, 3.8) is 0 Å². The van der Waals surface area contributed by atoms with Crippen molar-refractivity contribution in [3.05, 3.63) is 0 Å². The molecule has 0 bridgehead atoms. The van der Waals surface area contributed by atoms with Crippen LogP contribution in [-0.4, -0.2) is 11.5 Å². The SMILES string of the molecule is CC1(C)CCC(=O)CC1=N. The van der Waals surface area contributed by atoms with Crippen LogP contribution in [-0.2, 0) is 4.79 Å². The first-order valence-corrected chi connectivity index (χ1v) is 3.62. The quantitative estimate of drug-likeness (QED) is 0.546. The molecule has 1 fully saturated rings. The fraction of sp³-hybridized carbons (Fsp3) is 0.750. The molecular formula is C8H13NO. The van der Waals surface area contributed by atoms with Crippen molar-refractivity contribution in [1.82, 2.24) is 0 Å². The average Bonchev–Trinajstić information content (AvgIpc) is 1.81. The van der Waals surface area contributed by atoms with Gasteiger partial charge in [0.2, 0.25) is 0 Å². The van der Waals surface area contributed by atoms with Crippen LogP contribution in [0.4, 0.5) is 0 Å². The Morgan fingerprint density at radius 3 is 2.50 bits per heavy atom. The highest BCUT2D eigenvalue weighted by atomic mass is 16.1. The Morgan fingerprint density at radius 1 is 1.50 bits per heavy atom. The van der Waals surface area contributed by atoms with E-state index in [9.17, 15) is 4.79 Å². The fourth-order valence-corrected chi connectivity index (χ4v) is 1.13. The summed E-state index contributed by atoms with van der Waals surface area (Å²) in [7, 11) is 0. The lowest BCUT2D eigenvalue weighted by atomic mass is 9.75. The van der Waals surface area contributed by atoms with Gasteiger partial charge < -0.3 is 5.41 Å². The van der Waals surface area contributed by atoms with Gasteiger partial charge in [0.05, 0.1) is 0 Å². The summed E-state index contributed by atoms with van der Waals surface area (Å²) >= 11 is 0. The second-order valence-corrected chi connectivity index (χ2v) is 3.58. The first-order chi connectivity index (χ1) is 4.52. The van der Waals surface area contributed by atoms with Gasteiger partial charge in [0, 0.05) is 24.0 Å². The van der Waals surface area contributed by atoms with Crippen LogP contribution in [0.25, 0.3) is 0 Å². The highest BCUT2D eigenvalue weighted by molar-refractivity contribution is 6.05. The highest BCUT2D eigenvalue weighted by Crippen LogP contribution is 2.30. The molecule has 1 saturated carbocycles. The number of hydrogen-bond acceptors (Lipinski definition) is 2. The molecule has 2 heteroatoms. The van der Waals surface area contributed by atoms with E-state index in [1.165, 1.54) is 0 Å². The third kappa shape index (κ3) is 1.25. The Balaban J connectivity index is 2.70. The van der Waals surface area contributed by atoms with Crippen LogP contribution >= 0.6 is 0 Å². The molecule has 0 aromatic rings. The van der Waals surface area contributed by atoms with E-state index >= 15 is 0 Å². The third-order valence-corrected chi connectivity index (χ3v) is 2.22. The van der Waals surface area contributed by atoms with Crippen molar-refractivity contribution in [2.24, 2.45) is 5.41 Å². The maximum atomic E-state index is 10.8. The molecule has 0 aliphatic heterocycles. The van der Waals surface area contributed by atoms with E-state index in [-0.39, 0.29) is 11.2 Å². The molecule has 1 aliphatic rings. The Kier molecular flexibility index (Phi) is 1.63. The lowest BCUT2D eigenvalue weighted by molar-refractivity contribution is -0.119. The molecule has 0 heterocycles. The molecule has 56 valence electrons. The van der Waals surface area contributed by atoms with Crippen molar-refractivity contribution >= 4 is 11.5 Å². The minimum Gasteiger partial charge on any atom is -0.309 e. The number of Topliss-reactive ketones (excluding diaryl/α,β-unsaturated/α-hetero) is 1. The number of carbonyl (C=O) groups is 1. The molecule has 0 amide bonds. The summed E-state index contributed by atoms with van der Waals surface area (Å²) in [4.78, 5) is 10.8. The molecule has 1 rings (SSSR count). The standard InChI is InChI=1S/C8H13NO/c1-8(2)4-3-6(10)5-7(8)9/h9H,3-5H2,1-2H3. The van der Waals surface area contributed by atoms with Crippen LogP contribution in [0.1, 0.15) is 33.1 Å². The van der Waals surface area contributed by atoms with Gasteiger partial charge in [-0.05, 0) is 6.42 Å². The minimum atomic E-state index is -0.0199. The molecule has 0 aromatic heterocycles. The number of carbonyl (C=O) groups excluding carboxylic acids is 1. The smallest absolute Gasteiger partial charge is 0.138 e. The van der Waals surface area contributed by atoms with Gasteiger partial charge in [0.15, 0.2) is 0 Å². The van der Waals surface area contributed by atoms with E-state index in [0.29, 0.717) is 18.6 Å². The number of hydrogen-bond donors (Lipinski definition) is 1. The lowest BCUT2D eigenvalue weighted by Crippen LogP contribution is -2.31. The molecule has 1 aliphatic carbocycles. The molecule has 0 spiro atoms.